The summed E-state index contributed by atoms with van der Waals surface area (Å²) in [6, 6.07) is 7.71. The quantitative estimate of drug-likeness (QED) is 0.736. The Balaban J connectivity index is 3.13. The van der Waals surface area contributed by atoms with Crippen LogP contribution in [0.4, 0.5) is 0 Å². The van der Waals surface area contributed by atoms with Gasteiger partial charge in [0.15, 0.2) is 0 Å². The van der Waals surface area contributed by atoms with Crippen LogP contribution in [0.2, 0.25) is 0 Å². The molecule has 13 heavy (non-hydrogen) atoms. The van der Waals surface area contributed by atoms with Gasteiger partial charge in [-0.25, -0.2) is 0 Å². The topological polar surface area (TPSA) is 43.1 Å². The van der Waals surface area contributed by atoms with Crippen LogP contribution in [0.5, 0.6) is 0 Å². The van der Waals surface area contributed by atoms with Crippen molar-refractivity contribution in [2.75, 3.05) is 13.3 Å². The highest BCUT2D eigenvalue weighted by Crippen LogP contribution is 2.34. The summed E-state index contributed by atoms with van der Waals surface area (Å²) < 4.78 is 11.8. The van der Waals surface area contributed by atoms with Crippen LogP contribution < -0.4 is 11.0 Å². The van der Waals surface area contributed by atoms with Gasteiger partial charge in [0.2, 0.25) is 0 Å². The predicted molar refractivity (Wildman–Crippen MR) is 58.1 cm³/mol. The Hall–Kier alpha value is -0.590. The largest absolute Gasteiger partial charge is 0.324 e. The minimum atomic E-state index is -2.14. The number of hydrogen-bond donors (Lipinski definition) is 1. The molecule has 1 atom stereocenters. The zero-order chi connectivity index (χ0) is 10.1. The molecule has 0 unspecified atom stereocenters. The summed E-state index contributed by atoms with van der Waals surface area (Å²) in [7, 11) is -2.14. The molecule has 0 saturated carbocycles. The third-order valence-corrected chi connectivity index (χ3v) is 3.54. The van der Waals surface area contributed by atoms with Crippen molar-refractivity contribution in [2.45, 2.75) is 13.0 Å². The molecule has 0 radical (unpaired) electrons. The Labute approximate surface area is 79.5 Å². The zero-order valence-corrected chi connectivity index (χ0v) is 9.21. The number of benzene rings is 1. The van der Waals surface area contributed by atoms with E-state index in [0.29, 0.717) is 0 Å². The van der Waals surface area contributed by atoms with Crippen molar-refractivity contribution in [3.05, 3.63) is 29.8 Å². The number of nitrogens with two attached hydrogens (primary N) is 1. The molecule has 1 rings (SSSR count). The molecule has 0 bridgehead atoms. The Kier molecular flexibility index (Phi) is 2.94. The molecule has 2 N–H and O–H groups in total. The molecule has 0 fully saturated rings. The van der Waals surface area contributed by atoms with Crippen LogP contribution in [0.3, 0.4) is 0 Å². The van der Waals surface area contributed by atoms with Crippen LogP contribution in [0.15, 0.2) is 24.3 Å². The van der Waals surface area contributed by atoms with Crippen LogP contribution >= 0.6 is 7.14 Å². The van der Waals surface area contributed by atoms with Gasteiger partial charge in [0.1, 0.15) is 7.14 Å². The highest BCUT2D eigenvalue weighted by Gasteiger charge is 2.11. The SMILES string of the molecule is C[C@@H](N)c1cccc(P(C)(C)=O)c1. The second-order valence-electron chi connectivity index (χ2n) is 3.73. The van der Waals surface area contributed by atoms with Gasteiger partial charge in [-0.2, -0.15) is 0 Å². The lowest BCUT2D eigenvalue weighted by Crippen LogP contribution is -2.10. The summed E-state index contributed by atoms with van der Waals surface area (Å²) in [6.07, 6.45) is 0. The normalized spacial score (nSPS) is 14.2. The first kappa shape index (κ1) is 10.5. The molecular weight excluding hydrogens is 181 g/mol. The van der Waals surface area contributed by atoms with Crippen molar-refractivity contribution < 1.29 is 4.57 Å². The molecule has 0 aliphatic heterocycles. The van der Waals surface area contributed by atoms with Crippen molar-refractivity contribution in [2.24, 2.45) is 5.73 Å². The summed E-state index contributed by atoms with van der Waals surface area (Å²) in [6.45, 7) is 5.47. The molecule has 0 spiro atoms. The molecule has 0 aliphatic carbocycles. The molecule has 0 aliphatic rings. The first-order valence-corrected chi connectivity index (χ1v) is 6.92. The van der Waals surface area contributed by atoms with Crippen molar-refractivity contribution in [3.8, 4) is 0 Å². The number of rotatable bonds is 2. The summed E-state index contributed by atoms with van der Waals surface area (Å²) >= 11 is 0. The minimum Gasteiger partial charge on any atom is -0.324 e. The smallest absolute Gasteiger partial charge is 0.109 e. The van der Waals surface area contributed by atoms with E-state index >= 15 is 0 Å². The van der Waals surface area contributed by atoms with Crippen LogP contribution in [0, 0.1) is 0 Å². The molecule has 3 heteroatoms. The molecular formula is C10H16NOP. The van der Waals surface area contributed by atoms with E-state index < -0.39 is 7.14 Å². The monoisotopic (exact) mass is 197 g/mol. The van der Waals surface area contributed by atoms with Crippen molar-refractivity contribution >= 4 is 12.4 Å². The van der Waals surface area contributed by atoms with Crippen LogP contribution in [-0.2, 0) is 4.57 Å². The van der Waals surface area contributed by atoms with Crippen molar-refractivity contribution in [1.29, 1.82) is 0 Å². The van der Waals surface area contributed by atoms with E-state index in [1.54, 1.807) is 13.3 Å². The van der Waals surface area contributed by atoms with Crippen LogP contribution in [-0.4, -0.2) is 13.3 Å². The summed E-state index contributed by atoms with van der Waals surface area (Å²) in [5, 5.41) is 0.905. The van der Waals surface area contributed by atoms with E-state index in [1.165, 1.54) is 0 Å². The second-order valence-corrected chi connectivity index (χ2v) is 6.95. The predicted octanol–water partition coefficient (Wildman–Crippen LogP) is 1.95. The summed E-state index contributed by atoms with van der Waals surface area (Å²) in [5.74, 6) is 0. The highest BCUT2D eigenvalue weighted by atomic mass is 31.2. The van der Waals surface area contributed by atoms with Crippen LogP contribution in [0.1, 0.15) is 18.5 Å². The maximum atomic E-state index is 11.8. The maximum Gasteiger partial charge on any atom is 0.109 e. The highest BCUT2D eigenvalue weighted by molar-refractivity contribution is 7.70. The lowest BCUT2D eigenvalue weighted by Gasteiger charge is -2.10. The molecule has 72 valence electrons. The fraction of sp³-hybridized carbons (Fsp3) is 0.400. The van der Waals surface area contributed by atoms with E-state index in [0.717, 1.165) is 10.9 Å². The van der Waals surface area contributed by atoms with Crippen molar-refractivity contribution in [1.82, 2.24) is 0 Å². The number of hydrogen-bond acceptors (Lipinski definition) is 2. The minimum absolute atomic E-state index is 0.00602. The first-order chi connectivity index (χ1) is 5.91. The Morgan fingerprint density at radius 1 is 1.38 bits per heavy atom. The van der Waals surface area contributed by atoms with Gasteiger partial charge >= 0.3 is 0 Å². The Morgan fingerprint density at radius 2 is 2.00 bits per heavy atom. The Bertz CT molecular complexity index is 341. The van der Waals surface area contributed by atoms with Gasteiger partial charge in [0.25, 0.3) is 0 Å². The second kappa shape index (κ2) is 3.65. The summed E-state index contributed by atoms with van der Waals surface area (Å²) in [4.78, 5) is 0. The molecule has 0 aromatic heterocycles. The third kappa shape index (κ3) is 2.68. The Morgan fingerprint density at radius 3 is 2.46 bits per heavy atom. The van der Waals surface area contributed by atoms with Crippen molar-refractivity contribution in [3.63, 3.8) is 0 Å². The lowest BCUT2D eigenvalue weighted by atomic mass is 10.1. The van der Waals surface area contributed by atoms with Gasteiger partial charge in [0.05, 0.1) is 0 Å². The molecule has 2 nitrogen and oxygen atoms in total. The standard InChI is InChI=1S/C10H16NOP/c1-8(11)9-5-4-6-10(7-9)13(2,3)12/h4-8H,11H2,1-3H3/t8-/m1/s1. The molecule has 0 saturated heterocycles. The van der Waals surface area contributed by atoms with E-state index in [9.17, 15) is 4.57 Å². The average molecular weight is 197 g/mol. The fourth-order valence-electron chi connectivity index (χ4n) is 1.14. The third-order valence-electron chi connectivity index (χ3n) is 2.02. The lowest BCUT2D eigenvalue weighted by molar-refractivity contribution is 0.588. The van der Waals surface area contributed by atoms with E-state index in [1.807, 2.05) is 31.2 Å². The average Bonchev–Trinajstić information content (AvgIpc) is 2.03. The summed E-state index contributed by atoms with van der Waals surface area (Å²) in [5.41, 5.74) is 6.78. The first-order valence-electron chi connectivity index (χ1n) is 4.32. The maximum absolute atomic E-state index is 11.8. The van der Waals surface area contributed by atoms with E-state index in [-0.39, 0.29) is 6.04 Å². The molecule has 1 aromatic carbocycles. The van der Waals surface area contributed by atoms with Gasteiger partial charge < -0.3 is 10.3 Å². The van der Waals surface area contributed by atoms with Crippen LogP contribution in [0.25, 0.3) is 0 Å². The van der Waals surface area contributed by atoms with E-state index in [2.05, 4.69) is 0 Å². The van der Waals surface area contributed by atoms with Gasteiger partial charge in [-0.1, -0.05) is 18.2 Å². The fourth-order valence-corrected chi connectivity index (χ4v) is 2.05. The van der Waals surface area contributed by atoms with Gasteiger partial charge in [-0.3, -0.25) is 0 Å². The zero-order valence-electron chi connectivity index (χ0n) is 8.32. The van der Waals surface area contributed by atoms with Gasteiger partial charge in [-0.05, 0) is 31.9 Å². The molecule has 0 amide bonds. The molecule has 1 aromatic rings. The molecule has 0 heterocycles. The van der Waals surface area contributed by atoms with Gasteiger partial charge in [-0.15, -0.1) is 0 Å². The van der Waals surface area contributed by atoms with Gasteiger partial charge in [0, 0.05) is 11.3 Å². The van der Waals surface area contributed by atoms with E-state index in [4.69, 9.17) is 5.73 Å².